The molecule has 0 bridgehead atoms. The van der Waals surface area contributed by atoms with Crippen molar-refractivity contribution in [2.75, 3.05) is 17.4 Å². The van der Waals surface area contributed by atoms with Gasteiger partial charge in [0, 0.05) is 30.1 Å². The number of hydrogen-bond acceptors (Lipinski definition) is 5. The first-order chi connectivity index (χ1) is 13.2. The number of carbonyl (C=O) groups excluding carboxylic acids is 1. The van der Waals surface area contributed by atoms with Crippen LogP contribution in [0.15, 0.2) is 60.8 Å². The fraction of sp³-hybridized carbons (Fsp3) is 0.143. The number of aryl methyl sites for hydroxylation is 1. The number of ether oxygens (including phenoxy) is 2. The highest BCUT2D eigenvalue weighted by molar-refractivity contribution is 6.04. The average molecular weight is 361 g/mol. The van der Waals surface area contributed by atoms with Crippen molar-refractivity contribution >= 4 is 17.4 Å². The maximum atomic E-state index is 12.5. The van der Waals surface area contributed by atoms with Crippen LogP contribution in [0, 0.1) is 6.92 Å². The second kappa shape index (κ2) is 7.37. The topological polar surface area (TPSA) is 72.5 Å². The van der Waals surface area contributed by atoms with Crippen molar-refractivity contribution in [1.29, 1.82) is 0 Å². The van der Waals surface area contributed by atoms with Gasteiger partial charge < -0.3 is 20.1 Å². The number of rotatable bonds is 5. The summed E-state index contributed by atoms with van der Waals surface area (Å²) < 4.78 is 10.6. The Morgan fingerprint density at radius 1 is 1.07 bits per heavy atom. The van der Waals surface area contributed by atoms with Gasteiger partial charge in [-0.3, -0.25) is 4.79 Å². The number of carbonyl (C=O) groups is 1. The van der Waals surface area contributed by atoms with Gasteiger partial charge in [-0.25, -0.2) is 4.98 Å². The Kier molecular flexibility index (Phi) is 4.61. The van der Waals surface area contributed by atoms with E-state index < -0.39 is 0 Å². The summed E-state index contributed by atoms with van der Waals surface area (Å²) in [5.74, 6) is 1.74. The van der Waals surface area contributed by atoms with E-state index in [1.165, 1.54) is 5.56 Å². The third kappa shape index (κ3) is 4.00. The summed E-state index contributed by atoms with van der Waals surface area (Å²) in [6.45, 7) is 2.90. The zero-order valence-corrected chi connectivity index (χ0v) is 14.9. The van der Waals surface area contributed by atoms with Gasteiger partial charge in [-0.1, -0.05) is 29.8 Å². The molecular weight excluding hydrogens is 342 g/mol. The summed E-state index contributed by atoms with van der Waals surface area (Å²) in [6, 6.07) is 17.0. The number of nitrogens with one attached hydrogen (secondary N) is 2. The molecule has 136 valence electrons. The molecule has 27 heavy (non-hydrogen) atoms. The number of benzene rings is 2. The second-order valence-corrected chi connectivity index (χ2v) is 6.29. The van der Waals surface area contributed by atoms with E-state index >= 15 is 0 Å². The van der Waals surface area contributed by atoms with Crippen LogP contribution in [0.1, 0.15) is 21.5 Å². The lowest BCUT2D eigenvalue weighted by molar-refractivity contribution is 0.102. The molecule has 1 aliphatic rings. The van der Waals surface area contributed by atoms with Crippen LogP contribution in [0.2, 0.25) is 0 Å². The summed E-state index contributed by atoms with van der Waals surface area (Å²) in [6.07, 6.45) is 1.62. The molecule has 1 aromatic heterocycles. The molecule has 6 nitrogen and oxygen atoms in total. The van der Waals surface area contributed by atoms with E-state index in [-0.39, 0.29) is 12.7 Å². The number of pyridine rings is 1. The Balaban J connectivity index is 1.43. The first-order valence-corrected chi connectivity index (χ1v) is 8.64. The summed E-state index contributed by atoms with van der Waals surface area (Å²) in [5, 5.41) is 6.12. The van der Waals surface area contributed by atoms with Gasteiger partial charge in [0.2, 0.25) is 6.79 Å². The number of hydrogen-bond donors (Lipinski definition) is 2. The van der Waals surface area contributed by atoms with E-state index in [2.05, 4.69) is 40.7 Å². The molecule has 0 saturated heterocycles. The zero-order chi connectivity index (χ0) is 18.6. The van der Waals surface area contributed by atoms with Crippen LogP contribution < -0.4 is 20.1 Å². The second-order valence-electron chi connectivity index (χ2n) is 6.29. The molecule has 2 N–H and O–H groups in total. The van der Waals surface area contributed by atoms with Gasteiger partial charge in [0.1, 0.15) is 5.82 Å². The van der Waals surface area contributed by atoms with E-state index in [0.29, 0.717) is 35.1 Å². The van der Waals surface area contributed by atoms with Crippen molar-refractivity contribution in [3.8, 4) is 11.5 Å². The minimum absolute atomic E-state index is 0.201. The monoisotopic (exact) mass is 361 g/mol. The van der Waals surface area contributed by atoms with E-state index in [9.17, 15) is 4.79 Å². The van der Waals surface area contributed by atoms with Gasteiger partial charge in [0.15, 0.2) is 11.5 Å². The Morgan fingerprint density at radius 2 is 1.96 bits per heavy atom. The van der Waals surface area contributed by atoms with Gasteiger partial charge in [-0.2, -0.15) is 0 Å². The standard InChI is InChI=1S/C21H19N3O3/c1-14-3-2-4-15(9-14)12-23-20-10-16(7-8-22-20)21(25)24-17-5-6-18-19(11-17)27-13-26-18/h2-11H,12-13H2,1H3,(H,22,23)(H,24,25). The van der Waals surface area contributed by atoms with Crippen LogP contribution in [-0.4, -0.2) is 17.7 Å². The number of anilines is 2. The lowest BCUT2D eigenvalue weighted by atomic mass is 10.1. The molecule has 0 radical (unpaired) electrons. The van der Waals surface area contributed by atoms with Crippen LogP contribution in [0.3, 0.4) is 0 Å². The summed E-state index contributed by atoms with van der Waals surface area (Å²) in [4.78, 5) is 16.8. The van der Waals surface area contributed by atoms with E-state index in [4.69, 9.17) is 9.47 Å². The Hall–Kier alpha value is -3.54. The van der Waals surface area contributed by atoms with Crippen molar-refractivity contribution in [2.45, 2.75) is 13.5 Å². The molecular formula is C21H19N3O3. The molecule has 2 heterocycles. The Bertz CT molecular complexity index is 988. The molecule has 0 saturated carbocycles. The summed E-state index contributed by atoms with van der Waals surface area (Å²) in [5.41, 5.74) is 3.54. The number of nitrogens with zero attached hydrogens (tertiary/aromatic N) is 1. The molecule has 0 atom stereocenters. The lowest BCUT2D eigenvalue weighted by Gasteiger charge is -2.09. The van der Waals surface area contributed by atoms with Crippen LogP contribution in [-0.2, 0) is 6.54 Å². The predicted molar refractivity (Wildman–Crippen MR) is 103 cm³/mol. The van der Waals surface area contributed by atoms with E-state index in [0.717, 1.165) is 5.56 Å². The first-order valence-electron chi connectivity index (χ1n) is 8.64. The molecule has 3 aromatic rings. The number of fused-ring (bicyclic) bond motifs is 1. The first kappa shape index (κ1) is 16.9. The van der Waals surface area contributed by atoms with Crippen LogP contribution >= 0.6 is 0 Å². The molecule has 0 aliphatic carbocycles. The normalized spacial score (nSPS) is 11.9. The Labute approximate surface area is 157 Å². The highest BCUT2D eigenvalue weighted by Crippen LogP contribution is 2.34. The molecule has 0 spiro atoms. The third-order valence-electron chi connectivity index (χ3n) is 4.21. The van der Waals surface area contributed by atoms with Crippen LogP contribution in [0.4, 0.5) is 11.5 Å². The zero-order valence-electron chi connectivity index (χ0n) is 14.9. The highest BCUT2D eigenvalue weighted by atomic mass is 16.7. The Morgan fingerprint density at radius 3 is 2.85 bits per heavy atom. The van der Waals surface area contributed by atoms with E-state index in [1.807, 2.05) is 6.07 Å². The van der Waals surface area contributed by atoms with Gasteiger partial charge in [-0.15, -0.1) is 0 Å². The molecule has 1 amide bonds. The third-order valence-corrected chi connectivity index (χ3v) is 4.21. The fourth-order valence-electron chi connectivity index (χ4n) is 2.86. The van der Waals surface area contributed by atoms with Gasteiger partial charge in [-0.05, 0) is 36.8 Å². The van der Waals surface area contributed by atoms with Crippen molar-refractivity contribution in [2.24, 2.45) is 0 Å². The van der Waals surface area contributed by atoms with Crippen LogP contribution in [0.5, 0.6) is 11.5 Å². The van der Waals surface area contributed by atoms with Crippen molar-refractivity contribution in [1.82, 2.24) is 4.98 Å². The minimum atomic E-state index is -0.213. The van der Waals surface area contributed by atoms with Gasteiger partial charge in [0.25, 0.3) is 5.91 Å². The predicted octanol–water partition coefficient (Wildman–Crippen LogP) is 3.98. The van der Waals surface area contributed by atoms with Crippen molar-refractivity contribution in [3.05, 3.63) is 77.5 Å². The lowest BCUT2D eigenvalue weighted by Crippen LogP contribution is -2.12. The molecule has 4 rings (SSSR count). The van der Waals surface area contributed by atoms with Crippen molar-refractivity contribution in [3.63, 3.8) is 0 Å². The highest BCUT2D eigenvalue weighted by Gasteiger charge is 2.15. The fourth-order valence-corrected chi connectivity index (χ4v) is 2.86. The van der Waals surface area contributed by atoms with Gasteiger partial charge in [0.05, 0.1) is 0 Å². The van der Waals surface area contributed by atoms with Gasteiger partial charge >= 0.3 is 0 Å². The largest absolute Gasteiger partial charge is 0.454 e. The maximum absolute atomic E-state index is 12.5. The molecule has 2 aromatic carbocycles. The minimum Gasteiger partial charge on any atom is -0.454 e. The SMILES string of the molecule is Cc1cccc(CNc2cc(C(=O)Nc3ccc4c(c3)OCO4)ccn2)c1. The molecule has 0 fully saturated rings. The number of aromatic nitrogens is 1. The summed E-state index contributed by atoms with van der Waals surface area (Å²) >= 11 is 0. The average Bonchev–Trinajstić information content (AvgIpc) is 3.14. The van der Waals surface area contributed by atoms with E-state index in [1.54, 1.807) is 36.5 Å². The molecule has 0 unspecified atom stereocenters. The van der Waals surface area contributed by atoms with Crippen molar-refractivity contribution < 1.29 is 14.3 Å². The molecule has 1 aliphatic heterocycles. The molecule has 6 heteroatoms. The smallest absolute Gasteiger partial charge is 0.255 e. The number of amides is 1. The quantitative estimate of drug-likeness (QED) is 0.719. The maximum Gasteiger partial charge on any atom is 0.255 e. The summed E-state index contributed by atoms with van der Waals surface area (Å²) in [7, 11) is 0. The van der Waals surface area contributed by atoms with Crippen LogP contribution in [0.25, 0.3) is 0 Å².